The molecule has 0 saturated heterocycles. The molecule has 2 nitrogen and oxygen atoms in total. The van der Waals surface area contributed by atoms with Gasteiger partial charge in [-0.2, -0.15) is 0 Å². The van der Waals surface area contributed by atoms with Gasteiger partial charge in [-0.05, 0) is 31.6 Å². The van der Waals surface area contributed by atoms with Gasteiger partial charge in [-0.3, -0.25) is 4.79 Å². The minimum atomic E-state index is -0.195. The molecule has 126 valence electrons. The average molecular weight is 315 g/mol. The third-order valence-electron chi connectivity index (χ3n) is 4.87. The summed E-state index contributed by atoms with van der Waals surface area (Å²) in [6.07, 6.45) is 12.6. The molecule has 0 amide bonds. The maximum Gasteiger partial charge on any atom is 0.298 e. The number of rotatable bonds is 13. The lowest BCUT2D eigenvalue weighted by Crippen LogP contribution is -2.40. The van der Waals surface area contributed by atoms with E-state index in [1.54, 1.807) is 0 Å². The Kier molecular flexibility index (Phi) is 12.1. The summed E-state index contributed by atoms with van der Waals surface area (Å²) in [5.41, 5.74) is -0.195. The van der Waals surface area contributed by atoms with Gasteiger partial charge in [0.15, 0.2) is 0 Å². The zero-order valence-electron chi connectivity index (χ0n) is 15.2. The topological polar surface area (TPSA) is 26.3 Å². The first-order chi connectivity index (χ1) is 10.1. The van der Waals surface area contributed by atoms with E-state index in [1.165, 1.54) is 32.1 Å². The SMILES string of the molecule is CCCCC(CCC)C(CCCC)(CCCC)C(=O)O[SiH3]. The van der Waals surface area contributed by atoms with E-state index < -0.39 is 0 Å². The molecule has 0 fully saturated rings. The normalized spacial score (nSPS) is 13.3. The lowest BCUT2D eigenvalue weighted by Gasteiger charge is -2.39. The molecule has 0 rings (SSSR count). The number of unbranched alkanes of at least 4 members (excludes halogenated alkanes) is 3. The highest BCUT2D eigenvalue weighted by molar-refractivity contribution is 6.06. The summed E-state index contributed by atoms with van der Waals surface area (Å²) < 4.78 is 5.42. The van der Waals surface area contributed by atoms with E-state index in [-0.39, 0.29) is 11.4 Å². The molecule has 3 heteroatoms. The summed E-state index contributed by atoms with van der Waals surface area (Å²) in [5, 5.41) is 0. The molecule has 0 saturated carbocycles. The largest absolute Gasteiger partial charge is 0.528 e. The third-order valence-corrected chi connectivity index (χ3v) is 5.24. The number of hydrogen-bond acceptors (Lipinski definition) is 2. The van der Waals surface area contributed by atoms with Gasteiger partial charge < -0.3 is 4.43 Å². The third kappa shape index (κ3) is 6.54. The van der Waals surface area contributed by atoms with Crippen LogP contribution in [0.15, 0.2) is 0 Å². The van der Waals surface area contributed by atoms with Crippen LogP contribution < -0.4 is 0 Å². The smallest absolute Gasteiger partial charge is 0.298 e. The second kappa shape index (κ2) is 12.3. The van der Waals surface area contributed by atoms with Crippen molar-refractivity contribution in [1.29, 1.82) is 0 Å². The van der Waals surface area contributed by atoms with Gasteiger partial charge >= 0.3 is 0 Å². The van der Waals surface area contributed by atoms with E-state index in [2.05, 4.69) is 27.7 Å². The Morgan fingerprint density at radius 1 is 0.905 bits per heavy atom. The fourth-order valence-electron chi connectivity index (χ4n) is 3.59. The second-order valence-electron chi connectivity index (χ2n) is 6.48. The maximum absolute atomic E-state index is 12.7. The molecule has 1 atom stereocenters. The van der Waals surface area contributed by atoms with Crippen molar-refractivity contribution in [2.45, 2.75) is 98.3 Å². The summed E-state index contributed by atoms with van der Waals surface area (Å²) in [6, 6.07) is 0. The highest BCUT2D eigenvalue weighted by Crippen LogP contribution is 2.44. The first kappa shape index (κ1) is 20.7. The Hall–Kier alpha value is -0.313. The van der Waals surface area contributed by atoms with Crippen LogP contribution in [0.2, 0.25) is 0 Å². The van der Waals surface area contributed by atoms with Crippen molar-refractivity contribution < 1.29 is 9.22 Å². The van der Waals surface area contributed by atoms with Crippen molar-refractivity contribution in [2.24, 2.45) is 11.3 Å². The predicted octanol–water partition coefficient (Wildman–Crippen LogP) is 4.78. The molecule has 1 unspecified atom stereocenters. The molecule has 0 aliphatic rings. The summed E-state index contributed by atoms with van der Waals surface area (Å²) >= 11 is 0. The molecular formula is C18H38O2Si. The van der Waals surface area contributed by atoms with Crippen molar-refractivity contribution in [1.82, 2.24) is 0 Å². The molecule has 0 aromatic heterocycles. The quantitative estimate of drug-likeness (QED) is 0.457. The summed E-state index contributed by atoms with van der Waals surface area (Å²) in [4.78, 5) is 12.7. The lowest BCUT2D eigenvalue weighted by molar-refractivity contribution is -0.151. The molecule has 0 aromatic rings. The van der Waals surface area contributed by atoms with E-state index in [9.17, 15) is 4.79 Å². The van der Waals surface area contributed by atoms with Gasteiger partial charge in [0.05, 0.1) is 5.41 Å². The van der Waals surface area contributed by atoms with Crippen LogP contribution in [-0.2, 0) is 9.22 Å². The molecule has 0 radical (unpaired) electrons. The standard InChI is InChI=1S/C18H38O2Si/c1-5-9-13-16(12-8-4)18(14-10-6-2,15-11-7-3)17(19)20-21/h16H,5-15H2,1-4,21H3. The summed E-state index contributed by atoms with van der Waals surface area (Å²) in [5.74, 6) is 0.632. The molecule has 0 aliphatic carbocycles. The van der Waals surface area contributed by atoms with Crippen LogP contribution >= 0.6 is 0 Å². The average Bonchev–Trinajstić information content (AvgIpc) is 2.51. The fourth-order valence-corrected chi connectivity index (χ4v) is 3.99. The Morgan fingerprint density at radius 3 is 1.81 bits per heavy atom. The second-order valence-corrected chi connectivity index (χ2v) is 6.89. The van der Waals surface area contributed by atoms with Gasteiger partial charge in [-0.25, -0.2) is 0 Å². The molecule has 0 heterocycles. The minimum Gasteiger partial charge on any atom is -0.528 e. The van der Waals surface area contributed by atoms with Gasteiger partial charge in [0, 0.05) is 0 Å². The number of carbonyl (C=O) groups excluding carboxylic acids is 1. The zero-order chi connectivity index (χ0) is 16.1. The predicted molar refractivity (Wildman–Crippen MR) is 95.4 cm³/mol. The molecule has 0 bridgehead atoms. The summed E-state index contributed by atoms with van der Waals surface area (Å²) in [7, 11) is 0.526. The van der Waals surface area contributed by atoms with Gasteiger partial charge in [0.25, 0.3) is 5.97 Å². The molecule has 0 N–H and O–H groups in total. The van der Waals surface area contributed by atoms with E-state index in [0.717, 1.165) is 38.5 Å². The first-order valence-electron chi connectivity index (χ1n) is 9.21. The van der Waals surface area contributed by atoms with Crippen molar-refractivity contribution in [3.05, 3.63) is 0 Å². The van der Waals surface area contributed by atoms with Gasteiger partial charge in [-0.1, -0.05) is 72.6 Å². The first-order valence-corrected chi connectivity index (χ1v) is 10.0. The van der Waals surface area contributed by atoms with E-state index >= 15 is 0 Å². The Morgan fingerprint density at radius 2 is 1.43 bits per heavy atom. The van der Waals surface area contributed by atoms with Crippen molar-refractivity contribution in [3.8, 4) is 0 Å². The maximum atomic E-state index is 12.7. The van der Waals surface area contributed by atoms with Crippen molar-refractivity contribution in [2.75, 3.05) is 0 Å². The number of hydrogen-bond donors (Lipinski definition) is 0. The Bertz CT molecular complexity index is 258. The fraction of sp³-hybridized carbons (Fsp3) is 0.944. The van der Waals surface area contributed by atoms with Crippen LogP contribution in [0.4, 0.5) is 0 Å². The highest BCUT2D eigenvalue weighted by Gasteiger charge is 2.44. The van der Waals surface area contributed by atoms with Crippen LogP contribution in [0.3, 0.4) is 0 Å². The van der Waals surface area contributed by atoms with Gasteiger partial charge in [0.2, 0.25) is 10.5 Å². The monoisotopic (exact) mass is 314 g/mol. The zero-order valence-corrected chi connectivity index (χ0v) is 17.2. The molecule has 21 heavy (non-hydrogen) atoms. The summed E-state index contributed by atoms with van der Waals surface area (Å²) in [6.45, 7) is 8.93. The molecular weight excluding hydrogens is 276 g/mol. The number of carbonyl (C=O) groups is 1. The Labute approximate surface area is 136 Å². The lowest BCUT2D eigenvalue weighted by atomic mass is 9.65. The van der Waals surface area contributed by atoms with Crippen LogP contribution in [0, 0.1) is 11.3 Å². The van der Waals surface area contributed by atoms with Crippen LogP contribution in [-0.4, -0.2) is 16.5 Å². The highest BCUT2D eigenvalue weighted by atomic mass is 28.2. The Balaban J connectivity index is 5.34. The van der Waals surface area contributed by atoms with Gasteiger partial charge in [0.1, 0.15) is 0 Å². The van der Waals surface area contributed by atoms with Crippen LogP contribution in [0.25, 0.3) is 0 Å². The van der Waals surface area contributed by atoms with E-state index in [1.807, 2.05) is 0 Å². The van der Waals surface area contributed by atoms with Gasteiger partial charge in [-0.15, -0.1) is 0 Å². The van der Waals surface area contributed by atoms with E-state index in [0.29, 0.717) is 16.4 Å². The van der Waals surface area contributed by atoms with E-state index in [4.69, 9.17) is 4.43 Å². The molecule has 0 aromatic carbocycles. The van der Waals surface area contributed by atoms with Crippen molar-refractivity contribution >= 4 is 16.5 Å². The minimum absolute atomic E-state index is 0.116. The molecule has 0 spiro atoms. The molecule has 0 aliphatic heterocycles. The van der Waals surface area contributed by atoms with Crippen molar-refractivity contribution in [3.63, 3.8) is 0 Å². The van der Waals surface area contributed by atoms with Crippen LogP contribution in [0.1, 0.15) is 98.3 Å². The van der Waals surface area contributed by atoms with Crippen LogP contribution in [0.5, 0.6) is 0 Å².